The van der Waals surface area contributed by atoms with E-state index in [0.29, 0.717) is 5.89 Å². The van der Waals surface area contributed by atoms with E-state index in [4.69, 9.17) is 18.2 Å². The van der Waals surface area contributed by atoms with Crippen molar-refractivity contribution in [1.82, 2.24) is 4.98 Å². The Morgan fingerprint density at radius 1 is 0.472 bits per heavy atom. The minimum Gasteiger partial charge on any atom is -0.456 e. The van der Waals surface area contributed by atoms with E-state index in [2.05, 4.69) is 121 Å². The summed E-state index contributed by atoms with van der Waals surface area (Å²) >= 11 is 0. The van der Waals surface area contributed by atoms with Gasteiger partial charge >= 0.3 is 0 Å². The first-order valence-electron chi connectivity index (χ1n) is 17.8. The molecule has 0 saturated carbocycles. The predicted molar refractivity (Wildman–Crippen MR) is 217 cm³/mol. The summed E-state index contributed by atoms with van der Waals surface area (Å²) in [6.07, 6.45) is 2.24. The van der Waals surface area contributed by atoms with E-state index < -0.39 is 0 Å². The van der Waals surface area contributed by atoms with Gasteiger partial charge in [-0.25, -0.2) is 4.98 Å². The van der Waals surface area contributed by atoms with Crippen LogP contribution in [0.3, 0.4) is 0 Å². The summed E-state index contributed by atoms with van der Waals surface area (Å²) in [5, 5.41) is 6.62. The standard InChI is InChI=1S/C49H29NO3/c1-2-11-34(12-3-1)49-50-47-44(53-49)27-26-43-46(47)40-25-20-30(29-45(40)51-43)28-41(39-18-9-17-38-37-15-6-7-19-42(37)52-48(38)39)33-23-21-32(22-24-33)36-16-8-13-31-10-4-5-14-35(31)36/h1-29H/b41-28-. The molecule has 0 bridgehead atoms. The quantitative estimate of drug-likeness (QED) is 0.170. The maximum atomic E-state index is 6.57. The minimum absolute atomic E-state index is 0.595. The Morgan fingerprint density at radius 2 is 1.23 bits per heavy atom. The Bertz CT molecular complexity index is 3210. The number of rotatable bonds is 5. The van der Waals surface area contributed by atoms with Crippen LogP contribution in [0.25, 0.3) is 100.0 Å². The van der Waals surface area contributed by atoms with Crippen molar-refractivity contribution in [2.24, 2.45) is 0 Å². The SMILES string of the molecule is C(=C(\c1ccc(-c2cccc3ccccc23)cc1)c1cccc2c1oc1ccccc12)/c1ccc2c(c1)oc1ccc3oc(-c4ccccc4)nc3c12. The molecule has 0 aliphatic carbocycles. The summed E-state index contributed by atoms with van der Waals surface area (Å²) in [6, 6.07) is 58.8. The topological polar surface area (TPSA) is 52.3 Å². The van der Waals surface area contributed by atoms with E-state index in [1.165, 1.54) is 21.9 Å². The Labute approximate surface area is 303 Å². The molecule has 0 aliphatic heterocycles. The molecule has 0 spiro atoms. The van der Waals surface area contributed by atoms with Gasteiger partial charge in [0.25, 0.3) is 0 Å². The van der Waals surface area contributed by atoms with Gasteiger partial charge in [0, 0.05) is 27.3 Å². The van der Waals surface area contributed by atoms with Crippen LogP contribution in [0.5, 0.6) is 0 Å². The molecule has 0 atom stereocenters. The van der Waals surface area contributed by atoms with E-state index in [0.717, 1.165) is 82.8 Å². The summed E-state index contributed by atoms with van der Waals surface area (Å²) in [7, 11) is 0. The second-order valence-corrected chi connectivity index (χ2v) is 13.5. The van der Waals surface area contributed by atoms with Crippen LogP contribution in [-0.4, -0.2) is 4.98 Å². The van der Waals surface area contributed by atoms with Crippen molar-refractivity contribution in [1.29, 1.82) is 0 Å². The van der Waals surface area contributed by atoms with Crippen LogP contribution in [0.1, 0.15) is 16.7 Å². The molecule has 0 fully saturated rings. The molecule has 11 rings (SSSR count). The second kappa shape index (κ2) is 11.7. The highest BCUT2D eigenvalue weighted by molar-refractivity contribution is 6.17. The van der Waals surface area contributed by atoms with Crippen molar-refractivity contribution in [2.45, 2.75) is 0 Å². The molecule has 0 N–H and O–H groups in total. The lowest BCUT2D eigenvalue weighted by Crippen LogP contribution is -1.90. The molecule has 3 heterocycles. The van der Waals surface area contributed by atoms with Crippen molar-refractivity contribution < 1.29 is 13.3 Å². The molecule has 0 amide bonds. The zero-order valence-corrected chi connectivity index (χ0v) is 28.4. The minimum atomic E-state index is 0.595. The van der Waals surface area contributed by atoms with Gasteiger partial charge in [0.15, 0.2) is 5.58 Å². The van der Waals surface area contributed by atoms with Gasteiger partial charge in [0.2, 0.25) is 5.89 Å². The van der Waals surface area contributed by atoms with Gasteiger partial charge in [-0.15, -0.1) is 0 Å². The van der Waals surface area contributed by atoms with Gasteiger partial charge in [0.05, 0.1) is 5.39 Å². The summed E-state index contributed by atoms with van der Waals surface area (Å²) in [5.41, 5.74) is 12.3. The number of hydrogen-bond donors (Lipinski definition) is 0. The van der Waals surface area contributed by atoms with Gasteiger partial charge in [0.1, 0.15) is 27.8 Å². The molecule has 53 heavy (non-hydrogen) atoms. The van der Waals surface area contributed by atoms with Crippen LogP contribution < -0.4 is 0 Å². The molecule has 0 aliphatic rings. The normalized spacial score (nSPS) is 12.3. The fourth-order valence-electron chi connectivity index (χ4n) is 7.81. The first-order valence-corrected chi connectivity index (χ1v) is 17.8. The summed E-state index contributed by atoms with van der Waals surface area (Å²) in [4.78, 5) is 4.93. The largest absolute Gasteiger partial charge is 0.456 e. The summed E-state index contributed by atoms with van der Waals surface area (Å²) in [6.45, 7) is 0. The first kappa shape index (κ1) is 29.5. The van der Waals surface area contributed by atoms with Crippen molar-refractivity contribution in [2.75, 3.05) is 0 Å². The maximum Gasteiger partial charge on any atom is 0.227 e. The molecule has 248 valence electrons. The first-order chi connectivity index (χ1) is 26.2. The predicted octanol–water partition coefficient (Wildman–Crippen LogP) is 13.7. The molecule has 4 heteroatoms. The van der Waals surface area contributed by atoms with Crippen molar-refractivity contribution in [3.63, 3.8) is 0 Å². The third-order valence-electron chi connectivity index (χ3n) is 10.3. The van der Waals surface area contributed by atoms with Gasteiger partial charge in [-0.05, 0) is 87.1 Å². The lowest BCUT2D eigenvalue weighted by molar-refractivity contribution is 0.619. The van der Waals surface area contributed by atoms with Crippen LogP contribution in [0, 0.1) is 0 Å². The van der Waals surface area contributed by atoms with Gasteiger partial charge in [-0.3, -0.25) is 0 Å². The molecule has 0 radical (unpaired) electrons. The highest BCUT2D eigenvalue weighted by Crippen LogP contribution is 2.40. The number of oxazole rings is 1. The second-order valence-electron chi connectivity index (χ2n) is 13.5. The number of fused-ring (bicyclic) bond motifs is 9. The highest BCUT2D eigenvalue weighted by atomic mass is 16.4. The van der Waals surface area contributed by atoms with E-state index in [-0.39, 0.29) is 0 Å². The smallest absolute Gasteiger partial charge is 0.227 e. The molecule has 11 aromatic rings. The van der Waals surface area contributed by atoms with E-state index in [1.807, 2.05) is 54.6 Å². The molecule has 4 nitrogen and oxygen atoms in total. The Morgan fingerprint density at radius 3 is 2.13 bits per heavy atom. The number of aromatic nitrogens is 1. The molecule has 3 aromatic heterocycles. The maximum absolute atomic E-state index is 6.57. The fraction of sp³-hybridized carbons (Fsp3) is 0. The molecule has 8 aromatic carbocycles. The van der Waals surface area contributed by atoms with Gasteiger partial charge < -0.3 is 13.3 Å². The van der Waals surface area contributed by atoms with Crippen LogP contribution in [0.15, 0.2) is 183 Å². The van der Waals surface area contributed by atoms with Crippen molar-refractivity contribution >= 4 is 77.4 Å². The zero-order chi connectivity index (χ0) is 34.9. The monoisotopic (exact) mass is 679 g/mol. The van der Waals surface area contributed by atoms with E-state index in [1.54, 1.807) is 0 Å². The number of benzene rings is 8. The summed E-state index contributed by atoms with van der Waals surface area (Å²) in [5.74, 6) is 0.595. The number of para-hydroxylation sites is 2. The van der Waals surface area contributed by atoms with Crippen LogP contribution >= 0.6 is 0 Å². The van der Waals surface area contributed by atoms with Crippen LogP contribution in [0.4, 0.5) is 0 Å². The average Bonchev–Trinajstić information content (AvgIpc) is 3.93. The van der Waals surface area contributed by atoms with E-state index >= 15 is 0 Å². The molecular formula is C49H29NO3. The summed E-state index contributed by atoms with van der Waals surface area (Å²) < 4.78 is 19.3. The Balaban J connectivity index is 1.08. The Kier molecular flexibility index (Phi) is 6.52. The van der Waals surface area contributed by atoms with Crippen molar-refractivity contribution in [3.8, 4) is 22.6 Å². The van der Waals surface area contributed by atoms with E-state index in [9.17, 15) is 0 Å². The molecule has 0 unspecified atom stereocenters. The third-order valence-corrected chi connectivity index (χ3v) is 10.3. The fourth-order valence-corrected chi connectivity index (χ4v) is 7.81. The number of hydrogen-bond acceptors (Lipinski definition) is 4. The lowest BCUT2D eigenvalue weighted by atomic mass is 9.91. The Hall–Kier alpha value is -7.17. The van der Waals surface area contributed by atoms with Gasteiger partial charge in [-0.2, -0.15) is 0 Å². The number of nitrogens with zero attached hydrogens (tertiary/aromatic N) is 1. The lowest BCUT2D eigenvalue weighted by Gasteiger charge is -2.12. The molecular weight excluding hydrogens is 651 g/mol. The van der Waals surface area contributed by atoms with Gasteiger partial charge in [-0.1, -0.05) is 127 Å². The average molecular weight is 680 g/mol. The zero-order valence-electron chi connectivity index (χ0n) is 28.4. The number of furan rings is 2. The molecule has 0 saturated heterocycles. The van der Waals surface area contributed by atoms with Crippen molar-refractivity contribution in [3.05, 3.63) is 187 Å². The third kappa shape index (κ3) is 4.80. The van der Waals surface area contributed by atoms with Crippen LogP contribution in [-0.2, 0) is 0 Å². The highest BCUT2D eigenvalue weighted by Gasteiger charge is 2.19. The van der Waals surface area contributed by atoms with Crippen LogP contribution in [0.2, 0.25) is 0 Å².